The Labute approximate surface area is 359 Å². The Balaban J connectivity index is 0.835. The van der Waals surface area contributed by atoms with Crippen LogP contribution in [0.15, 0.2) is 212 Å². The largest absolute Gasteiger partial charge is 0.313 e. The van der Waals surface area contributed by atoms with E-state index in [2.05, 4.69) is 222 Å². The van der Waals surface area contributed by atoms with Crippen LogP contribution < -0.4 is 10.4 Å². The first-order valence-electron chi connectivity index (χ1n) is 22.0. The molecule has 3 atom stereocenters. The van der Waals surface area contributed by atoms with Gasteiger partial charge in [-0.25, -0.2) is 0 Å². The molecule has 62 heavy (non-hydrogen) atoms. The molecule has 2 heterocycles. The van der Waals surface area contributed by atoms with Gasteiger partial charge in [-0.1, -0.05) is 152 Å². The van der Waals surface area contributed by atoms with E-state index < -0.39 is 0 Å². The summed E-state index contributed by atoms with van der Waals surface area (Å²) in [5, 5.41) is 7.83. The highest BCUT2D eigenvalue weighted by molar-refractivity contribution is 6.13. The topological polar surface area (TPSA) is 9.86 Å². The molecular weight excluding hydrogens is 749 g/mol. The van der Waals surface area contributed by atoms with Gasteiger partial charge in [-0.2, -0.15) is 0 Å². The Morgan fingerprint density at radius 2 is 1.15 bits per heavy atom. The lowest BCUT2D eigenvalue weighted by molar-refractivity contribution is 0.770. The van der Waals surface area contributed by atoms with Gasteiger partial charge in [-0.3, -0.25) is 0 Å². The van der Waals surface area contributed by atoms with Crippen LogP contribution in [0.2, 0.25) is 0 Å². The number of rotatable bonds is 4. The normalized spacial score (nSPS) is 19.3. The van der Waals surface area contributed by atoms with Crippen LogP contribution >= 0.6 is 0 Å². The number of nitrogens with zero attached hydrogens (tertiary/aromatic N) is 2. The number of hydrogen-bond donors (Lipinski definition) is 0. The van der Waals surface area contributed by atoms with Gasteiger partial charge >= 0.3 is 0 Å². The third kappa shape index (κ3) is 4.86. The number of fused-ring (bicyclic) bond motifs is 11. The molecule has 2 heteroatoms. The summed E-state index contributed by atoms with van der Waals surface area (Å²) in [6.07, 6.45) is 24.0. The SMILES string of the molecule is C1=CC2=CC=C(n3c4ccccc4c4cc(-c5ccc6c(c5)c5ccccc5n6-c5ccc(-c6ccc7c(c6)C6C=c8ccccc8=C8C=CC=C7C86)cc5)ccc43)CC2C=C1. The Bertz CT molecular complexity index is 3780. The van der Waals surface area contributed by atoms with E-state index in [0.29, 0.717) is 17.8 Å². The van der Waals surface area contributed by atoms with E-state index in [1.165, 1.54) is 116 Å². The van der Waals surface area contributed by atoms with Crippen molar-refractivity contribution >= 4 is 66.5 Å². The summed E-state index contributed by atoms with van der Waals surface area (Å²) >= 11 is 0. The lowest BCUT2D eigenvalue weighted by atomic mass is 9.77. The Morgan fingerprint density at radius 3 is 1.95 bits per heavy atom. The van der Waals surface area contributed by atoms with Crippen molar-refractivity contribution in [2.75, 3.05) is 0 Å². The number of hydrogen-bond acceptors (Lipinski definition) is 0. The third-order valence-electron chi connectivity index (χ3n) is 14.4. The number of para-hydroxylation sites is 2. The maximum absolute atomic E-state index is 2.51. The van der Waals surface area contributed by atoms with Gasteiger partial charge in [0.25, 0.3) is 0 Å². The zero-order valence-electron chi connectivity index (χ0n) is 34.0. The first-order valence-corrected chi connectivity index (χ1v) is 22.0. The Kier molecular flexibility index (Phi) is 7.10. The molecule has 0 N–H and O–H groups in total. The molecule has 9 aromatic rings. The van der Waals surface area contributed by atoms with Crippen molar-refractivity contribution in [1.82, 2.24) is 9.13 Å². The zero-order valence-corrected chi connectivity index (χ0v) is 34.0. The van der Waals surface area contributed by atoms with Crippen molar-refractivity contribution in [2.24, 2.45) is 11.8 Å². The molecule has 5 aliphatic carbocycles. The van der Waals surface area contributed by atoms with Crippen molar-refractivity contribution in [3.63, 3.8) is 0 Å². The molecule has 2 nitrogen and oxygen atoms in total. The summed E-state index contributed by atoms with van der Waals surface area (Å²) in [7, 11) is 0. The van der Waals surface area contributed by atoms with Gasteiger partial charge in [0.1, 0.15) is 0 Å². The molecule has 0 aliphatic heterocycles. The number of allylic oxidation sites excluding steroid dienone is 12. The average molecular weight is 789 g/mol. The summed E-state index contributed by atoms with van der Waals surface area (Å²) in [5.41, 5.74) is 19.6. The van der Waals surface area contributed by atoms with Gasteiger partial charge in [-0.05, 0) is 128 Å². The molecule has 0 saturated heterocycles. The van der Waals surface area contributed by atoms with E-state index >= 15 is 0 Å². The summed E-state index contributed by atoms with van der Waals surface area (Å²) < 4.78 is 4.92. The molecule has 290 valence electrons. The fraction of sp³-hybridized carbons (Fsp3) is 0.0667. The molecule has 0 spiro atoms. The molecule has 3 unspecified atom stereocenters. The fourth-order valence-electron chi connectivity index (χ4n) is 11.6. The second-order valence-corrected chi connectivity index (χ2v) is 17.6. The lowest BCUT2D eigenvalue weighted by Gasteiger charge is -2.26. The molecule has 14 rings (SSSR count). The predicted molar refractivity (Wildman–Crippen MR) is 260 cm³/mol. The maximum Gasteiger partial charge on any atom is 0.0541 e. The van der Waals surface area contributed by atoms with Crippen LogP contribution in [0.4, 0.5) is 0 Å². The highest BCUT2D eigenvalue weighted by Crippen LogP contribution is 2.53. The fourth-order valence-corrected chi connectivity index (χ4v) is 11.6. The second-order valence-electron chi connectivity index (χ2n) is 17.6. The van der Waals surface area contributed by atoms with Crippen molar-refractivity contribution in [2.45, 2.75) is 12.3 Å². The van der Waals surface area contributed by atoms with E-state index in [1.807, 2.05) is 0 Å². The van der Waals surface area contributed by atoms with Crippen molar-refractivity contribution in [3.05, 3.63) is 233 Å². The van der Waals surface area contributed by atoms with Gasteiger partial charge in [0.05, 0.1) is 22.1 Å². The zero-order chi connectivity index (χ0) is 40.5. The van der Waals surface area contributed by atoms with Crippen LogP contribution in [0.25, 0.3) is 94.5 Å². The smallest absolute Gasteiger partial charge is 0.0541 e. The van der Waals surface area contributed by atoms with Crippen LogP contribution in [0.5, 0.6) is 0 Å². The molecule has 0 radical (unpaired) electrons. The third-order valence-corrected chi connectivity index (χ3v) is 14.4. The van der Waals surface area contributed by atoms with Gasteiger partial charge < -0.3 is 9.13 Å². The molecule has 5 aliphatic rings. The first-order chi connectivity index (χ1) is 30.7. The van der Waals surface area contributed by atoms with E-state index in [9.17, 15) is 0 Å². The van der Waals surface area contributed by atoms with Gasteiger partial charge in [0.2, 0.25) is 0 Å². The standard InChI is InChI=1S/C60H40N2/c1-2-11-39-32-45(28-22-37(39)10-1)62-57-19-8-6-15-49(57)54-35-42(25-31-59(54)62)41-24-30-58-53(34-41)48-14-5-7-18-56(48)61(58)44-26-20-38(21-27-44)40-23-29-47-51-17-9-16-50-46-13-4-3-12-43(46)36-55(60(50)51)52(47)33-40/h1-31,33-36,39,55,60H,32H2. The lowest BCUT2D eigenvalue weighted by Crippen LogP contribution is -2.34. The minimum Gasteiger partial charge on any atom is -0.313 e. The monoisotopic (exact) mass is 788 g/mol. The molecule has 0 fully saturated rings. The maximum atomic E-state index is 2.51. The summed E-state index contributed by atoms with van der Waals surface area (Å²) in [4.78, 5) is 0. The minimum absolute atomic E-state index is 0.354. The molecule has 0 saturated carbocycles. The van der Waals surface area contributed by atoms with Crippen LogP contribution in [-0.4, -0.2) is 9.13 Å². The molecular formula is C60H40N2. The quantitative estimate of drug-likeness (QED) is 0.168. The van der Waals surface area contributed by atoms with Crippen LogP contribution in [-0.2, 0) is 0 Å². The molecule has 0 amide bonds. The predicted octanol–water partition coefficient (Wildman–Crippen LogP) is 13.5. The molecule has 7 aromatic carbocycles. The van der Waals surface area contributed by atoms with E-state index in [0.717, 1.165) is 6.42 Å². The van der Waals surface area contributed by atoms with E-state index in [1.54, 1.807) is 0 Å². The average Bonchev–Trinajstić information content (AvgIpc) is 3.97. The van der Waals surface area contributed by atoms with E-state index in [-0.39, 0.29) is 0 Å². The van der Waals surface area contributed by atoms with Crippen molar-refractivity contribution in [1.29, 1.82) is 0 Å². The highest BCUT2D eigenvalue weighted by atomic mass is 15.0. The Hall–Kier alpha value is -7.68. The molecule has 0 bridgehead atoms. The van der Waals surface area contributed by atoms with Crippen LogP contribution in [0.1, 0.15) is 23.5 Å². The summed E-state index contributed by atoms with van der Waals surface area (Å²) in [6, 6.07) is 57.1. The number of benzene rings is 7. The van der Waals surface area contributed by atoms with Crippen LogP contribution in [0.3, 0.4) is 0 Å². The van der Waals surface area contributed by atoms with Crippen LogP contribution in [0, 0.1) is 11.8 Å². The van der Waals surface area contributed by atoms with Gasteiger partial charge in [0, 0.05) is 50.7 Å². The van der Waals surface area contributed by atoms with Crippen molar-refractivity contribution in [3.8, 4) is 27.9 Å². The Morgan fingerprint density at radius 1 is 0.484 bits per heavy atom. The number of aromatic nitrogens is 2. The molecule has 2 aromatic heterocycles. The summed E-state index contributed by atoms with van der Waals surface area (Å²) in [5.74, 6) is 1.17. The second kappa shape index (κ2) is 12.9. The van der Waals surface area contributed by atoms with Gasteiger partial charge in [-0.15, -0.1) is 0 Å². The van der Waals surface area contributed by atoms with Gasteiger partial charge in [0.15, 0.2) is 0 Å². The summed E-state index contributed by atoms with van der Waals surface area (Å²) in [6.45, 7) is 0. The minimum atomic E-state index is 0.354. The first kappa shape index (κ1) is 34.1. The highest BCUT2D eigenvalue weighted by Gasteiger charge is 2.39. The van der Waals surface area contributed by atoms with Crippen molar-refractivity contribution < 1.29 is 0 Å². The van der Waals surface area contributed by atoms with E-state index in [4.69, 9.17) is 0 Å².